The van der Waals surface area contributed by atoms with Gasteiger partial charge in [0.2, 0.25) is 0 Å². The SMILES string of the molecule is CC1(C)COCCN1c1ccc(C(F)(F)F)cc1N. The van der Waals surface area contributed by atoms with E-state index in [1.807, 2.05) is 18.7 Å². The summed E-state index contributed by atoms with van der Waals surface area (Å²) < 4.78 is 43.2. The number of alkyl halides is 3. The van der Waals surface area contributed by atoms with Crippen molar-refractivity contribution in [2.24, 2.45) is 0 Å². The quantitative estimate of drug-likeness (QED) is 0.800. The largest absolute Gasteiger partial charge is 0.416 e. The lowest BCUT2D eigenvalue weighted by molar-refractivity contribution is -0.137. The van der Waals surface area contributed by atoms with Crippen molar-refractivity contribution >= 4 is 11.4 Å². The highest BCUT2D eigenvalue weighted by molar-refractivity contribution is 5.70. The van der Waals surface area contributed by atoms with Crippen LogP contribution in [-0.4, -0.2) is 25.3 Å². The van der Waals surface area contributed by atoms with Gasteiger partial charge in [0, 0.05) is 6.54 Å². The summed E-state index contributed by atoms with van der Waals surface area (Å²) in [6.07, 6.45) is -4.37. The molecule has 0 bridgehead atoms. The Labute approximate surface area is 110 Å². The molecule has 0 radical (unpaired) electrons. The standard InChI is InChI=1S/C13H17F3N2O/c1-12(2)8-19-6-5-18(12)11-4-3-9(7-10(11)17)13(14,15)16/h3-4,7H,5-6,8,17H2,1-2H3. The molecule has 0 saturated carbocycles. The van der Waals surface area contributed by atoms with Gasteiger partial charge in [0.15, 0.2) is 0 Å². The number of morpholine rings is 1. The zero-order valence-electron chi connectivity index (χ0n) is 10.9. The summed E-state index contributed by atoms with van der Waals surface area (Å²) in [5.74, 6) is 0. The zero-order valence-corrected chi connectivity index (χ0v) is 10.9. The molecule has 0 unspecified atom stereocenters. The molecule has 1 aliphatic heterocycles. The number of anilines is 2. The number of benzene rings is 1. The van der Waals surface area contributed by atoms with Crippen LogP contribution >= 0.6 is 0 Å². The van der Waals surface area contributed by atoms with E-state index in [0.29, 0.717) is 25.4 Å². The lowest BCUT2D eigenvalue weighted by Crippen LogP contribution is -2.53. The average Bonchev–Trinajstić information content (AvgIpc) is 2.28. The van der Waals surface area contributed by atoms with Gasteiger partial charge in [-0.3, -0.25) is 0 Å². The van der Waals surface area contributed by atoms with E-state index in [1.165, 1.54) is 6.07 Å². The van der Waals surface area contributed by atoms with E-state index in [4.69, 9.17) is 10.5 Å². The molecule has 6 heteroatoms. The topological polar surface area (TPSA) is 38.5 Å². The van der Waals surface area contributed by atoms with Crippen molar-refractivity contribution in [3.8, 4) is 0 Å². The number of rotatable bonds is 1. The summed E-state index contributed by atoms with van der Waals surface area (Å²) in [5, 5.41) is 0. The molecule has 1 aliphatic rings. The minimum Gasteiger partial charge on any atom is -0.397 e. The molecular formula is C13H17F3N2O. The first-order valence-electron chi connectivity index (χ1n) is 6.04. The highest BCUT2D eigenvalue weighted by Crippen LogP contribution is 2.36. The zero-order chi connectivity index (χ0) is 14.3. The van der Waals surface area contributed by atoms with Gasteiger partial charge in [-0.25, -0.2) is 0 Å². The third-order valence-electron chi connectivity index (χ3n) is 3.29. The van der Waals surface area contributed by atoms with Gasteiger partial charge in [-0.15, -0.1) is 0 Å². The van der Waals surface area contributed by atoms with Gasteiger partial charge in [-0.1, -0.05) is 0 Å². The van der Waals surface area contributed by atoms with E-state index in [-0.39, 0.29) is 11.2 Å². The Kier molecular flexibility index (Phi) is 3.38. The second kappa shape index (κ2) is 4.59. The number of nitrogen functional groups attached to an aromatic ring is 1. The van der Waals surface area contributed by atoms with E-state index in [2.05, 4.69) is 0 Å². The van der Waals surface area contributed by atoms with Crippen molar-refractivity contribution in [2.75, 3.05) is 30.4 Å². The molecule has 0 aromatic heterocycles. The van der Waals surface area contributed by atoms with Gasteiger partial charge < -0.3 is 15.4 Å². The summed E-state index contributed by atoms with van der Waals surface area (Å²) >= 11 is 0. The molecule has 106 valence electrons. The molecule has 0 atom stereocenters. The van der Waals surface area contributed by atoms with Crippen molar-refractivity contribution in [3.63, 3.8) is 0 Å². The minimum atomic E-state index is -4.37. The Balaban J connectivity index is 2.36. The summed E-state index contributed by atoms with van der Waals surface area (Å²) in [7, 11) is 0. The fourth-order valence-electron chi connectivity index (χ4n) is 2.28. The Hall–Kier alpha value is -1.43. The molecule has 0 aliphatic carbocycles. The number of halogens is 3. The molecule has 0 spiro atoms. The summed E-state index contributed by atoms with van der Waals surface area (Å²) in [6, 6.07) is 3.49. The van der Waals surface area contributed by atoms with Crippen LogP contribution in [0.5, 0.6) is 0 Å². The molecule has 1 aromatic rings. The van der Waals surface area contributed by atoms with Crippen molar-refractivity contribution in [2.45, 2.75) is 25.6 Å². The highest BCUT2D eigenvalue weighted by Gasteiger charge is 2.34. The fourth-order valence-corrected chi connectivity index (χ4v) is 2.28. The van der Waals surface area contributed by atoms with Crippen LogP contribution in [0.1, 0.15) is 19.4 Å². The van der Waals surface area contributed by atoms with Gasteiger partial charge in [0.1, 0.15) is 0 Å². The first-order valence-corrected chi connectivity index (χ1v) is 6.04. The van der Waals surface area contributed by atoms with E-state index in [0.717, 1.165) is 12.1 Å². The normalized spacial score (nSPS) is 19.5. The maximum Gasteiger partial charge on any atom is 0.416 e. The first-order chi connectivity index (χ1) is 8.72. The van der Waals surface area contributed by atoms with Crippen LogP contribution in [0.3, 0.4) is 0 Å². The summed E-state index contributed by atoms with van der Waals surface area (Å²) in [4.78, 5) is 1.99. The van der Waals surface area contributed by atoms with Gasteiger partial charge >= 0.3 is 6.18 Å². The number of nitrogens with two attached hydrogens (primary N) is 1. The lowest BCUT2D eigenvalue weighted by atomic mass is 10.0. The van der Waals surface area contributed by atoms with Crippen molar-refractivity contribution < 1.29 is 17.9 Å². The number of hydrogen-bond donors (Lipinski definition) is 1. The number of nitrogens with zero attached hydrogens (tertiary/aromatic N) is 1. The van der Waals surface area contributed by atoms with Crippen LogP contribution in [-0.2, 0) is 10.9 Å². The second-order valence-electron chi connectivity index (χ2n) is 5.29. The Morgan fingerprint density at radius 3 is 2.53 bits per heavy atom. The second-order valence-corrected chi connectivity index (χ2v) is 5.29. The molecule has 3 nitrogen and oxygen atoms in total. The van der Waals surface area contributed by atoms with E-state index >= 15 is 0 Å². The van der Waals surface area contributed by atoms with E-state index in [1.54, 1.807) is 0 Å². The third kappa shape index (κ3) is 2.78. The maximum atomic E-state index is 12.6. The van der Waals surface area contributed by atoms with E-state index in [9.17, 15) is 13.2 Å². The van der Waals surface area contributed by atoms with Crippen LogP contribution < -0.4 is 10.6 Å². The Bertz CT molecular complexity index is 471. The van der Waals surface area contributed by atoms with Crippen molar-refractivity contribution in [1.82, 2.24) is 0 Å². The smallest absolute Gasteiger partial charge is 0.397 e. The van der Waals surface area contributed by atoms with Gasteiger partial charge in [-0.05, 0) is 32.0 Å². The molecule has 1 aromatic carbocycles. The highest BCUT2D eigenvalue weighted by atomic mass is 19.4. The molecular weight excluding hydrogens is 257 g/mol. The minimum absolute atomic E-state index is 0.143. The summed E-state index contributed by atoms with van der Waals surface area (Å²) in [5.41, 5.74) is 5.55. The summed E-state index contributed by atoms with van der Waals surface area (Å²) in [6.45, 7) is 5.63. The maximum absolute atomic E-state index is 12.6. The molecule has 0 amide bonds. The van der Waals surface area contributed by atoms with Crippen LogP contribution in [0.4, 0.5) is 24.5 Å². The molecule has 2 rings (SSSR count). The monoisotopic (exact) mass is 274 g/mol. The molecule has 1 saturated heterocycles. The number of ether oxygens (including phenoxy) is 1. The first kappa shape index (κ1) is 14.0. The van der Waals surface area contributed by atoms with Crippen molar-refractivity contribution in [1.29, 1.82) is 0 Å². The average molecular weight is 274 g/mol. The molecule has 2 N–H and O–H groups in total. The third-order valence-corrected chi connectivity index (χ3v) is 3.29. The van der Waals surface area contributed by atoms with Crippen LogP contribution in [0.15, 0.2) is 18.2 Å². The van der Waals surface area contributed by atoms with Crippen LogP contribution in [0, 0.1) is 0 Å². The van der Waals surface area contributed by atoms with Gasteiger partial charge in [0.25, 0.3) is 0 Å². The van der Waals surface area contributed by atoms with E-state index < -0.39 is 11.7 Å². The van der Waals surface area contributed by atoms with Crippen molar-refractivity contribution in [3.05, 3.63) is 23.8 Å². The van der Waals surface area contributed by atoms with Crippen LogP contribution in [0.2, 0.25) is 0 Å². The van der Waals surface area contributed by atoms with Gasteiger partial charge in [-0.2, -0.15) is 13.2 Å². The fraction of sp³-hybridized carbons (Fsp3) is 0.538. The predicted molar refractivity (Wildman–Crippen MR) is 68.1 cm³/mol. The van der Waals surface area contributed by atoms with Crippen LogP contribution in [0.25, 0.3) is 0 Å². The Morgan fingerprint density at radius 1 is 1.32 bits per heavy atom. The van der Waals surface area contributed by atoms with Gasteiger partial charge in [0.05, 0.1) is 35.7 Å². The number of hydrogen-bond acceptors (Lipinski definition) is 3. The lowest BCUT2D eigenvalue weighted by Gasteiger charge is -2.44. The predicted octanol–water partition coefficient (Wildman–Crippen LogP) is 2.90. The molecule has 1 heterocycles. The Morgan fingerprint density at radius 2 is 2.00 bits per heavy atom. The molecule has 1 fully saturated rings. The molecule has 19 heavy (non-hydrogen) atoms.